The number of halogens is 2. The van der Waals surface area contributed by atoms with Gasteiger partial charge in [-0.2, -0.15) is 0 Å². The van der Waals surface area contributed by atoms with Crippen LogP contribution in [0.4, 0.5) is 0 Å². The first-order chi connectivity index (χ1) is 5.33. The van der Waals surface area contributed by atoms with Crippen LogP contribution in [0.3, 0.4) is 0 Å². The highest BCUT2D eigenvalue weighted by Gasteiger charge is 2.40. The van der Waals surface area contributed by atoms with E-state index >= 15 is 0 Å². The van der Waals surface area contributed by atoms with E-state index in [4.69, 9.17) is 5.73 Å². The van der Waals surface area contributed by atoms with Crippen LogP contribution in [0, 0.1) is 5.92 Å². The average molecular weight is 229 g/mol. The third-order valence-corrected chi connectivity index (χ3v) is 3.16. The van der Waals surface area contributed by atoms with Crippen LogP contribution in [0.5, 0.6) is 0 Å². The van der Waals surface area contributed by atoms with E-state index in [0.717, 1.165) is 25.9 Å². The molecule has 5 heteroatoms. The number of nitrogens with zero attached hydrogens (tertiary/aromatic N) is 1. The molecule has 13 heavy (non-hydrogen) atoms. The van der Waals surface area contributed by atoms with E-state index in [1.807, 2.05) is 0 Å². The minimum atomic E-state index is -0.150. The van der Waals surface area contributed by atoms with Crippen molar-refractivity contribution >= 4 is 24.8 Å². The summed E-state index contributed by atoms with van der Waals surface area (Å²) >= 11 is 0. The van der Waals surface area contributed by atoms with Crippen molar-refractivity contribution in [3.8, 4) is 0 Å². The lowest BCUT2D eigenvalue weighted by Gasteiger charge is -2.48. The van der Waals surface area contributed by atoms with Crippen molar-refractivity contribution in [3.05, 3.63) is 0 Å². The third kappa shape index (κ3) is 2.28. The lowest BCUT2D eigenvalue weighted by molar-refractivity contribution is -0.0681. The predicted octanol–water partition coefficient (Wildman–Crippen LogP) is 0.244. The van der Waals surface area contributed by atoms with Crippen LogP contribution in [0.2, 0.25) is 0 Å². The van der Waals surface area contributed by atoms with Crippen LogP contribution in [0.15, 0.2) is 0 Å². The second-order valence-electron chi connectivity index (χ2n) is 3.67. The Hall–Kier alpha value is 0.460. The third-order valence-electron chi connectivity index (χ3n) is 3.16. The average Bonchev–Trinajstić information content (AvgIpc) is 2.06. The SMILES string of the molecule is Cl.Cl.NCC1C(O)C2CCN1CC2. The number of piperidine rings is 3. The maximum atomic E-state index is 9.74. The summed E-state index contributed by atoms with van der Waals surface area (Å²) < 4.78 is 0. The molecule has 2 unspecified atom stereocenters. The Morgan fingerprint density at radius 3 is 2.08 bits per heavy atom. The molecule has 3 rings (SSSR count). The molecule has 0 aliphatic carbocycles. The molecule has 0 spiro atoms. The normalized spacial score (nSPS) is 42.0. The lowest BCUT2D eigenvalue weighted by Crippen LogP contribution is -2.60. The first kappa shape index (κ1) is 13.5. The van der Waals surface area contributed by atoms with Gasteiger partial charge in [0, 0.05) is 12.6 Å². The molecule has 0 amide bonds. The topological polar surface area (TPSA) is 49.5 Å². The van der Waals surface area contributed by atoms with Gasteiger partial charge in [0.05, 0.1) is 6.10 Å². The molecule has 80 valence electrons. The molecule has 0 aromatic carbocycles. The summed E-state index contributed by atoms with van der Waals surface area (Å²) in [7, 11) is 0. The zero-order chi connectivity index (χ0) is 7.84. The molecule has 3 N–H and O–H groups in total. The minimum absolute atomic E-state index is 0. The molecule has 3 heterocycles. The van der Waals surface area contributed by atoms with Crippen molar-refractivity contribution in [2.75, 3.05) is 19.6 Å². The van der Waals surface area contributed by atoms with Crippen LogP contribution in [-0.2, 0) is 0 Å². The van der Waals surface area contributed by atoms with E-state index in [0.29, 0.717) is 12.5 Å². The first-order valence-electron chi connectivity index (χ1n) is 4.45. The lowest BCUT2D eigenvalue weighted by atomic mass is 9.81. The molecule has 3 fully saturated rings. The van der Waals surface area contributed by atoms with Crippen molar-refractivity contribution in [3.63, 3.8) is 0 Å². The minimum Gasteiger partial charge on any atom is -0.391 e. The summed E-state index contributed by atoms with van der Waals surface area (Å²) in [6, 6.07) is 0.252. The Kier molecular flexibility index (Phi) is 5.56. The second kappa shape index (κ2) is 5.37. The van der Waals surface area contributed by atoms with Gasteiger partial charge in [-0.3, -0.25) is 4.90 Å². The molecule has 0 radical (unpaired) electrons. The van der Waals surface area contributed by atoms with Crippen LogP contribution < -0.4 is 5.73 Å². The van der Waals surface area contributed by atoms with Crippen molar-refractivity contribution in [2.45, 2.75) is 25.0 Å². The van der Waals surface area contributed by atoms with Gasteiger partial charge >= 0.3 is 0 Å². The molecular weight excluding hydrogens is 211 g/mol. The Morgan fingerprint density at radius 1 is 1.23 bits per heavy atom. The van der Waals surface area contributed by atoms with E-state index in [1.165, 1.54) is 0 Å². The molecule has 3 nitrogen and oxygen atoms in total. The zero-order valence-electron chi connectivity index (χ0n) is 7.56. The highest BCUT2D eigenvalue weighted by Crippen LogP contribution is 2.31. The molecule has 3 aliphatic heterocycles. The molecule has 0 aromatic heterocycles. The maximum absolute atomic E-state index is 9.74. The van der Waals surface area contributed by atoms with Gasteiger partial charge in [-0.1, -0.05) is 0 Å². The van der Waals surface area contributed by atoms with Crippen molar-refractivity contribution in [1.29, 1.82) is 0 Å². The summed E-state index contributed by atoms with van der Waals surface area (Å²) in [6.45, 7) is 2.89. The Bertz CT molecular complexity index is 149. The first-order valence-corrected chi connectivity index (χ1v) is 4.45. The van der Waals surface area contributed by atoms with Gasteiger partial charge in [0.2, 0.25) is 0 Å². The number of nitrogens with two attached hydrogens (primary N) is 1. The molecular formula is C8H18Cl2N2O. The quantitative estimate of drug-likeness (QED) is 0.677. The van der Waals surface area contributed by atoms with Crippen molar-refractivity contribution in [1.82, 2.24) is 4.90 Å². The smallest absolute Gasteiger partial charge is 0.0736 e. The highest BCUT2D eigenvalue weighted by atomic mass is 35.5. The van der Waals surface area contributed by atoms with Gasteiger partial charge < -0.3 is 10.8 Å². The monoisotopic (exact) mass is 228 g/mol. The number of hydrogen-bond acceptors (Lipinski definition) is 3. The highest BCUT2D eigenvalue weighted by molar-refractivity contribution is 5.85. The summed E-state index contributed by atoms with van der Waals surface area (Å²) in [4.78, 5) is 2.32. The molecule has 0 aromatic rings. The Labute approximate surface area is 91.5 Å². The van der Waals surface area contributed by atoms with Gasteiger partial charge in [0.15, 0.2) is 0 Å². The Morgan fingerprint density at radius 2 is 1.77 bits per heavy atom. The molecule has 3 saturated heterocycles. The fourth-order valence-corrected chi connectivity index (χ4v) is 2.41. The predicted molar refractivity (Wildman–Crippen MR) is 57.6 cm³/mol. The maximum Gasteiger partial charge on any atom is 0.0736 e. The fourth-order valence-electron chi connectivity index (χ4n) is 2.41. The zero-order valence-corrected chi connectivity index (χ0v) is 9.19. The van der Waals surface area contributed by atoms with Crippen LogP contribution in [-0.4, -0.2) is 41.8 Å². The molecule has 2 atom stereocenters. The van der Waals surface area contributed by atoms with E-state index in [9.17, 15) is 5.11 Å². The van der Waals surface area contributed by atoms with E-state index in [-0.39, 0.29) is 37.0 Å². The van der Waals surface area contributed by atoms with Gasteiger partial charge in [-0.25, -0.2) is 0 Å². The summed E-state index contributed by atoms with van der Waals surface area (Å²) in [5, 5.41) is 9.74. The molecule has 0 saturated carbocycles. The summed E-state index contributed by atoms with van der Waals surface area (Å²) in [6.07, 6.45) is 2.18. The van der Waals surface area contributed by atoms with Gasteiger partial charge in [0.25, 0.3) is 0 Å². The standard InChI is InChI=1S/C8H16N2O.2ClH/c9-5-7-8(11)6-1-3-10(7)4-2-6;;/h6-8,11H,1-5,9H2;2*1H. The van der Waals surface area contributed by atoms with Crippen LogP contribution in [0.1, 0.15) is 12.8 Å². The van der Waals surface area contributed by atoms with E-state index in [2.05, 4.69) is 4.90 Å². The van der Waals surface area contributed by atoms with E-state index in [1.54, 1.807) is 0 Å². The summed E-state index contributed by atoms with van der Waals surface area (Å²) in [5.74, 6) is 0.536. The number of fused-ring (bicyclic) bond motifs is 3. The largest absolute Gasteiger partial charge is 0.391 e. The fraction of sp³-hybridized carbons (Fsp3) is 1.00. The number of aliphatic hydroxyl groups excluding tert-OH is 1. The van der Waals surface area contributed by atoms with Crippen LogP contribution >= 0.6 is 24.8 Å². The molecule has 2 bridgehead atoms. The number of aliphatic hydroxyl groups is 1. The van der Waals surface area contributed by atoms with Gasteiger partial charge in [-0.15, -0.1) is 24.8 Å². The number of rotatable bonds is 1. The summed E-state index contributed by atoms with van der Waals surface area (Å²) in [5.41, 5.74) is 5.58. The Balaban J connectivity index is 0.000000720. The van der Waals surface area contributed by atoms with E-state index < -0.39 is 0 Å². The van der Waals surface area contributed by atoms with Gasteiger partial charge in [-0.05, 0) is 31.8 Å². The number of hydrogen-bond donors (Lipinski definition) is 2. The van der Waals surface area contributed by atoms with Crippen LogP contribution in [0.25, 0.3) is 0 Å². The molecule has 3 aliphatic rings. The van der Waals surface area contributed by atoms with Crippen molar-refractivity contribution in [2.24, 2.45) is 11.7 Å². The van der Waals surface area contributed by atoms with Crippen molar-refractivity contribution < 1.29 is 5.11 Å². The second-order valence-corrected chi connectivity index (χ2v) is 3.67. The van der Waals surface area contributed by atoms with Gasteiger partial charge in [0.1, 0.15) is 0 Å².